The number of benzene rings is 1. The average molecular weight is 259 g/mol. The third-order valence-electron chi connectivity index (χ3n) is 3.19. The molecule has 0 spiro atoms. The number of aromatic nitrogens is 2. The van der Waals surface area contributed by atoms with E-state index in [0.717, 1.165) is 11.8 Å². The first-order valence-corrected chi connectivity index (χ1v) is 6.36. The van der Waals surface area contributed by atoms with Gasteiger partial charge in [0.2, 0.25) is 0 Å². The van der Waals surface area contributed by atoms with Gasteiger partial charge in [-0.3, -0.25) is 0 Å². The highest BCUT2D eigenvalue weighted by Gasteiger charge is 2.16. The molecule has 5 heteroatoms. The van der Waals surface area contributed by atoms with Crippen LogP contribution in [0, 0.1) is 5.92 Å². The number of aromatic carboxylic acids is 1. The SMILES string of the molecule is CCC(C)CNc1c(C(=O)O)nnc2ccccc12. The zero-order chi connectivity index (χ0) is 13.8. The van der Waals surface area contributed by atoms with Crippen LogP contribution in [0.15, 0.2) is 24.3 Å². The molecule has 0 fully saturated rings. The molecule has 2 aromatic rings. The van der Waals surface area contributed by atoms with Crippen LogP contribution in [-0.4, -0.2) is 27.8 Å². The molecule has 0 aliphatic carbocycles. The number of rotatable bonds is 5. The van der Waals surface area contributed by atoms with Gasteiger partial charge < -0.3 is 10.4 Å². The number of carboxylic acids is 1. The molecule has 2 rings (SSSR count). The molecule has 0 aliphatic rings. The van der Waals surface area contributed by atoms with Crippen LogP contribution in [0.2, 0.25) is 0 Å². The summed E-state index contributed by atoms with van der Waals surface area (Å²) in [6.07, 6.45) is 1.03. The van der Waals surface area contributed by atoms with Gasteiger partial charge in [0.05, 0.1) is 11.2 Å². The van der Waals surface area contributed by atoms with Gasteiger partial charge in [0, 0.05) is 11.9 Å². The minimum Gasteiger partial charge on any atom is -0.476 e. The molecule has 1 aromatic heterocycles. The molecular weight excluding hydrogens is 242 g/mol. The molecule has 0 radical (unpaired) electrons. The molecule has 0 saturated carbocycles. The number of fused-ring (bicyclic) bond motifs is 1. The highest BCUT2D eigenvalue weighted by Crippen LogP contribution is 2.24. The highest BCUT2D eigenvalue weighted by molar-refractivity contribution is 6.02. The minimum absolute atomic E-state index is 0.0259. The maximum Gasteiger partial charge on any atom is 0.358 e. The summed E-state index contributed by atoms with van der Waals surface area (Å²) in [5, 5.41) is 20.9. The lowest BCUT2D eigenvalue weighted by molar-refractivity contribution is 0.0690. The van der Waals surface area contributed by atoms with E-state index in [1.807, 2.05) is 24.3 Å². The number of nitrogens with zero attached hydrogens (tertiary/aromatic N) is 2. The largest absolute Gasteiger partial charge is 0.476 e. The minimum atomic E-state index is -1.06. The lowest BCUT2D eigenvalue weighted by atomic mass is 10.1. The van der Waals surface area contributed by atoms with Crippen molar-refractivity contribution >= 4 is 22.6 Å². The summed E-state index contributed by atoms with van der Waals surface area (Å²) in [5.74, 6) is -0.599. The normalized spacial score (nSPS) is 12.3. The second-order valence-corrected chi connectivity index (χ2v) is 4.64. The zero-order valence-corrected chi connectivity index (χ0v) is 11.1. The van der Waals surface area contributed by atoms with Gasteiger partial charge in [0.1, 0.15) is 0 Å². The van der Waals surface area contributed by atoms with Crippen molar-refractivity contribution in [1.29, 1.82) is 0 Å². The van der Waals surface area contributed by atoms with E-state index < -0.39 is 5.97 Å². The fraction of sp³-hybridized carbons (Fsp3) is 0.357. The van der Waals surface area contributed by atoms with Gasteiger partial charge in [0.15, 0.2) is 5.69 Å². The molecule has 0 bridgehead atoms. The maximum atomic E-state index is 11.2. The van der Waals surface area contributed by atoms with E-state index in [2.05, 4.69) is 29.4 Å². The predicted octanol–water partition coefficient (Wildman–Crippen LogP) is 2.79. The first-order chi connectivity index (χ1) is 9.13. The molecule has 0 aliphatic heterocycles. The van der Waals surface area contributed by atoms with E-state index in [4.69, 9.17) is 0 Å². The summed E-state index contributed by atoms with van der Waals surface area (Å²) in [5.41, 5.74) is 1.22. The Bertz CT molecular complexity index is 598. The lowest BCUT2D eigenvalue weighted by Crippen LogP contribution is -2.15. The number of hydrogen-bond donors (Lipinski definition) is 2. The van der Waals surface area contributed by atoms with Crippen LogP contribution in [0.5, 0.6) is 0 Å². The fourth-order valence-electron chi connectivity index (χ4n) is 1.80. The van der Waals surface area contributed by atoms with Gasteiger partial charge in [0.25, 0.3) is 0 Å². The summed E-state index contributed by atoms with van der Waals surface area (Å²) in [4.78, 5) is 11.2. The lowest BCUT2D eigenvalue weighted by Gasteiger charge is -2.14. The van der Waals surface area contributed by atoms with E-state index in [9.17, 15) is 9.90 Å². The van der Waals surface area contributed by atoms with Gasteiger partial charge in [-0.2, -0.15) is 0 Å². The van der Waals surface area contributed by atoms with Crippen molar-refractivity contribution in [3.8, 4) is 0 Å². The second-order valence-electron chi connectivity index (χ2n) is 4.64. The molecule has 0 amide bonds. The van der Waals surface area contributed by atoms with Crippen molar-refractivity contribution in [3.63, 3.8) is 0 Å². The van der Waals surface area contributed by atoms with Crippen LogP contribution >= 0.6 is 0 Å². The number of carbonyl (C=O) groups is 1. The molecular formula is C14H17N3O2. The second kappa shape index (κ2) is 5.65. The highest BCUT2D eigenvalue weighted by atomic mass is 16.4. The molecule has 1 aromatic carbocycles. The van der Waals surface area contributed by atoms with Gasteiger partial charge in [-0.1, -0.05) is 38.5 Å². The maximum absolute atomic E-state index is 11.2. The van der Waals surface area contributed by atoms with Crippen molar-refractivity contribution in [1.82, 2.24) is 10.2 Å². The third-order valence-corrected chi connectivity index (χ3v) is 3.19. The number of nitrogens with one attached hydrogen (secondary N) is 1. The molecule has 2 N–H and O–H groups in total. The Hall–Kier alpha value is -2.17. The average Bonchev–Trinajstić information content (AvgIpc) is 2.43. The Morgan fingerprint density at radius 3 is 2.79 bits per heavy atom. The quantitative estimate of drug-likeness (QED) is 0.863. The summed E-state index contributed by atoms with van der Waals surface area (Å²) < 4.78 is 0. The Labute approximate surface area is 111 Å². The Balaban J connectivity index is 2.46. The van der Waals surface area contributed by atoms with Gasteiger partial charge in [-0.05, 0) is 12.0 Å². The summed E-state index contributed by atoms with van der Waals surface area (Å²) in [6.45, 7) is 4.93. The van der Waals surface area contributed by atoms with Crippen molar-refractivity contribution in [2.24, 2.45) is 5.92 Å². The molecule has 19 heavy (non-hydrogen) atoms. The van der Waals surface area contributed by atoms with Gasteiger partial charge in [-0.25, -0.2) is 4.79 Å². The molecule has 5 nitrogen and oxygen atoms in total. The zero-order valence-electron chi connectivity index (χ0n) is 11.1. The number of hydrogen-bond acceptors (Lipinski definition) is 4. The smallest absolute Gasteiger partial charge is 0.358 e. The molecule has 1 unspecified atom stereocenters. The van der Waals surface area contributed by atoms with Crippen molar-refractivity contribution in [2.75, 3.05) is 11.9 Å². The number of carboxylic acid groups (broad SMARTS) is 1. The fourth-order valence-corrected chi connectivity index (χ4v) is 1.80. The number of anilines is 1. The van der Waals surface area contributed by atoms with Crippen LogP contribution < -0.4 is 5.32 Å². The van der Waals surface area contributed by atoms with Crippen LogP contribution in [0.4, 0.5) is 5.69 Å². The summed E-state index contributed by atoms with van der Waals surface area (Å²) >= 11 is 0. The molecule has 0 saturated heterocycles. The van der Waals surface area contributed by atoms with Gasteiger partial charge in [-0.15, -0.1) is 10.2 Å². The third kappa shape index (κ3) is 2.81. The molecule has 1 atom stereocenters. The summed E-state index contributed by atoms with van der Waals surface area (Å²) in [7, 11) is 0. The molecule has 1 heterocycles. The van der Waals surface area contributed by atoms with E-state index in [1.54, 1.807) is 0 Å². The van der Waals surface area contributed by atoms with Crippen LogP contribution in [0.1, 0.15) is 30.8 Å². The molecule has 100 valence electrons. The first kappa shape index (κ1) is 13.3. The van der Waals surface area contributed by atoms with Crippen LogP contribution in [0.3, 0.4) is 0 Å². The monoisotopic (exact) mass is 259 g/mol. The first-order valence-electron chi connectivity index (χ1n) is 6.36. The standard InChI is InChI=1S/C14H17N3O2/c1-3-9(2)8-15-12-10-6-4-5-7-11(10)16-17-13(12)14(18)19/h4-7,9H,3,8H2,1-2H3,(H,15,16)(H,18,19). The Kier molecular flexibility index (Phi) is 3.94. The topological polar surface area (TPSA) is 75.1 Å². The summed E-state index contributed by atoms with van der Waals surface area (Å²) in [6, 6.07) is 7.40. The van der Waals surface area contributed by atoms with E-state index in [1.165, 1.54) is 0 Å². The van der Waals surface area contributed by atoms with Crippen molar-refractivity contribution in [3.05, 3.63) is 30.0 Å². The Morgan fingerprint density at radius 2 is 2.11 bits per heavy atom. The van der Waals surface area contributed by atoms with Crippen molar-refractivity contribution < 1.29 is 9.90 Å². The van der Waals surface area contributed by atoms with E-state index in [0.29, 0.717) is 23.7 Å². The van der Waals surface area contributed by atoms with Crippen molar-refractivity contribution in [2.45, 2.75) is 20.3 Å². The van der Waals surface area contributed by atoms with E-state index in [-0.39, 0.29) is 5.69 Å². The Morgan fingerprint density at radius 1 is 1.37 bits per heavy atom. The van der Waals surface area contributed by atoms with Gasteiger partial charge >= 0.3 is 5.97 Å². The predicted molar refractivity (Wildman–Crippen MR) is 74.4 cm³/mol. The van der Waals surface area contributed by atoms with Crippen LogP contribution in [0.25, 0.3) is 10.9 Å². The van der Waals surface area contributed by atoms with Crippen LogP contribution in [-0.2, 0) is 0 Å². The van der Waals surface area contributed by atoms with E-state index >= 15 is 0 Å².